The maximum Gasteiger partial charge on any atom is 0.224 e. The van der Waals surface area contributed by atoms with Crippen LogP contribution in [0.3, 0.4) is 0 Å². The molecule has 4 nitrogen and oxygen atoms in total. The van der Waals surface area contributed by atoms with Gasteiger partial charge in [-0.1, -0.05) is 29.8 Å². The lowest BCUT2D eigenvalue weighted by atomic mass is 10.3. The van der Waals surface area contributed by atoms with Crippen molar-refractivity contribution in [2.75, 3.05) is 30.4 Å². The molecule has 0 radical (unpaired) electrons. The second-order valence-electron chi connectivity index (χ2n) is 4.37. The molecule has 2 rings (SSSR count). The fourth-order valence-corrected chi connectivity index (χ4v) is 2.10. The Kier molecular flexibility index (Phi) is 5.44. The monoisotopic (exact) mass is 310 g/mol. The molecule has 1 heterocycles. The van der Waals surface area contributed by atoms with Gasteiger partial charge in [0.2, 0.25) is 5.28 Å². The first-order valence-electron chi connectivity index (χ1n) is 6.35. The first-order chi connectivity index (χ1) is 9.66. The molecule has 2 aromatic rings. The summed E-state index contributed by atoms with van der Waals surface area (Å²) in [6.45, 7) is 1.71. The third-order valence-electron chi connectivity index (χ3n) is 2.87. The van der Waals surface area contributed by atoms with Crippen molar-refractivity contribution in [3.63, 3.8) is 0 Å². The predicted molar refractivity (Wildman–Crippen MR) is 84.9 cm³/mol. The van der Waals surface area contributed by atoms with Gasteiger partial charge in [0.25, 0.3) is 0 Å². The summed E-state index contributed by atoms with van der Waals surface area (Å²) >= 11 is 11.7. The minimum Gasteiger partial charge on any atom is -0.375 e. The number of hydrogen-bond donors (Lipinski definition) is 1. The van der Waals surface area contributed by atoms with E-state index < -0.39 is 0 Å². The smallest absolute Gasteiger partial charge is 0.224 e. The quantitative estimate of drug-likeness (QED) is 0.652. The van der Waals surface area contributed by atoms with Gasteiger partial charge >= 0.3 is 0 Å². The summed E-state index contributed by atoms with van der Waals surface area (Å²) in [6, 6.07) is 10.3. The van der Waals surface area contributed by atoms with Crippen molar-refractivity contribution < 1.29 is 0 Å². The van der Waals surface area contributed by atoms with Crippen molar-refractivity contribution in [1.82, 2.24) is 9.97 Å². The molecule has 0 fully saturated rings. The maximum atomic E-state index is 5.98. The molecular weight excluding hydrogens is 295 g/mol. The van der Waals surface area contributed by atoms with Crippen molar-refractivity contribution in [1.29, 1.82) is 0 Å². The van der Waals surface area contributed by atoms with Crippen LogP contribution in [-0.2, 0) is 0 Å². The molecule has 6 heteroatoms. The zero-order valence-electron chi connectivity index (χ0n) is 11.2. The molecule has 0 aliphatic heterocycles. The summed E-state index contributed by atoms with van der Waals surface area (Å²) in [5, 5.41) is 3.84. The Bertz CT molecular complexity index is 548. The van der Waals surface area contributed by atoms with Crippen LogP contribution in [0.25, 0.3) is 0 Å². The highest BCUT2D eigenvalue weighted by Crippen LogP contribution is 2.19. The van der Waals surface area contributed by atoms with Gasteiger partial charge in [0.05, 0.1) is 6.20 Å². The van der Waals surface area contributed by atoms with Crippen LogP contribution < -0.4 is 10.2 Å². The minimum atomic E-state index is 0.193. The summed E-state index contributed by atoms with van der Waals surface area (Å²) in [4.78, 5) is 10.1. The van der Waals surface area contributed by atoms with E-state index in [9.17, 15) is 0 Å². The molecule has 1 aromatic carbocycles. The van der Waals surface area contributed by atoms with Crippen LogP contribution in [0.5, 0.6) is 0 Å². The number of nitrogens with zero attached hydrogens (tertiary/aromatic N) is 3. The van der Waals surface area contributed by atoms with Gasteiger partial charge in [0, 0.05) is 25.8 Å². The largest absolute Gasteiger partial charge is 0.375 e. The molecule has 0 bridgehead atoms. The molecule has 0 atom stereocenters. The SMILES string of the molecule is CN(CCCNc1nc(Cl)ncc1Cl)c1ccccc1. The topological polar surface area (TPSA) is 41.0 Å². The lowest BCUT2D eigenvalue weighted by Gasteiger charge is -2.19. The second-order valence-corrected chi connectivity index (χ2v) is 5.12. The maximum absolute atomic E-state index is 5.98. The average molecular weight is 311 g/mol. The van der Waals surface area contributed by atoms with E-state index in [1.54, 1.807) is 0 Å². The van der Waals surface area contributed by atoms with Gasteiger partial charge in [-0.2, -0.15) is 4.98 Å². The van der Waals surface area contributed by atoms with Crippen molar-refractivity contribution in [2.24, 2.45) is 0 Å². The molecule has 0 aliphatic rings. The van der Waals surface area contributed by atoms with Crippen LogP contribution in [-0.4, -0.2) is 30.1 Å². The number of benzene rings is 1. The summed E-state index contributed by atoms with van der Waals surface area (Å²) in [5.41, 5.74) is 1.20. The lowest BCUT2D eigenvalue weighted by Crippen LogP contribution is -2.20. The summed E-state index contributed by atoms with van der Waals surface area (Å²) < 4.78 is 0. The number of hydrogen-bond acceptors (Lipinski definition) is 4. The van der Waals surface area contributed by atoms with Gasteiger partial charge in [0.15, 0.2) is 0 Å². The standard InChI is InChI=1S/C14H16Cl2N4/c1-20(11-6-3-2-4-7-11)9-5-8-17-13-12(15)10-18-14(16)19-13/h2-4,6-7,10H,5,8-9H2,1H3,(H,17,18,19). The molecule has 1 aromatic heterocycles. The first-order valence-corrected chi connectivity index (χ1v) is 7.10. The van der Waals surface area contributed by atoms with Gasteiger partial charge < -0.3 is 10.2 Å². The van der Waals surface area contributed by atoms with Crippen molar-refractivity contribution in [3.8, 4) is 0 Å². The average Bonchev–Trinajstić information content (AvgIpc) is 2.47. The Hall–Kier alpha value is -1.52. The fraction of sp³-hybridized carbons (Fsp3) is 0.286. The zero-order chi connectivity index (χ0) is 14.4. The Morgan fingerprint density at radius 2 is 1.95 bits per heavy atom. The number of rotatable bonds is 6. The van der Waals surface area contributed by atoms with E-state index >= 15 is 0 Å². The highest BCUT2D eigenvalue weighted by Gasteiger charge is 2.04. The van der Waals surface area contributed by atoms with Gasteiger partial charge in [-0.15, -0.1) is 0 Å². The van der Waals surface area contributed by atoms with Crippen LogP contribution in [0.15, 0.2) is 36.5 Å². The molecule has 0 amide bonds. The van der Waals surface area contributed by atoms with Crippen molar-refractivity contribution in [3.05, 3.63) is 46.8 Å². The van der Waals surface area contributed by atoms with Crippen LogP contribution in [0.1, 0.15) is 6.42 Å². The van der Waals surface area contributed by atoms with Crippen LogP contribution in [0, 0.1) is 0 Å². The normalized spacial score (nSPS) is 10.3. The van der Waals surface area contributed by atoms with Gasteiger partial charge in [-0.05, 0) is 30.2 Å². The molecule has 1 N–H and O–H groups in total. The van der Waals surface area contributed by atoms with Gasteiger partial charge in [-0.3, -0.25) is 0 Å². The number of para-hydroxylation sites is 1. The molecule has 0 saturated carbocycles. The highest BCUT2D eigenvalue weighted by molar-refractivity contribution is 6.33. The van der Waals surface area contributed by atoms with E-state index in [0.29, 0.717) is 10.8 Å². The number of halogens is 2. The first kappa shape index (κ1) is 14.9. The summed E-state index contributed by atoms with van der Waals surface area (Å²) in [5.74, 6) is 0.578. The molecular formula is C14H16Cl2N4. The van der Waals surface area contributed by atoms with Crippen molar-refractivity contribution in [2.45, 2.75) is 6.42 Å². The minimum absolute atomic E-state index is 0.193. The molecule has 106 valence electrons. The third-order valence-corrected chi connectivity index (χ3v) is 3.33. The van der Waals surface area contributed by atoms with Crippen molar-refractivity contribution >= 4 is 34.7 Å². The molecule has 0 spiro atoms. The Labute approximate surface area is 128 Å². The van der Waals surface area contributed by atoms with E-state index in [4.69, 9.17) is 23.2 Å². The summed E-state index contributed by atoms with van der Waals surface area (Å²) in [7, 11) is 2.07. The third kappa shape index (κ3) is 4.25. The number of nitrogens with one attached hydrogen (secondary N) is 1. The fourth-order valence-electron chi connectivity index (χ4n) is 1.80. The van der Waals surface area contributed by atoms with Crippen LogP contribution >= 0.6 is 23.2 Å². The van der Waals surface area contributed by atoms with Crippen LogP contribution in [0.4, 0.5) is 11.5 Å². The molecule has 0 saturated heterocycles. The Morgan fingerprint density at radius 3 is 2.70 bits per heavy atom. The molecule has 0 aliphatic carbocycles. The number of anilines is 2. The van der Waals surface area contributed by atoms with E-state index in [2.05, 4.69) is 39.4 Å². The van der Waals surface area contributed by atoms with Crippen LogP contribution in [0.2, 0.25) is 10.3 Å². The second kappa shape index (κ2) is 7.31. The van der Waals surface area contributed by atoms with Gasteiger partial charge in [0.1, 0.15) is 10.8 Å². The zero-order valence-corrected chi connectivity index (χ0v) is 12.7. The summed E-state index contributed by atoms with van der Waals surface area (Å²) in [6.07, 6.45) is 2.46. The number of aromatic nitrogens is 2. The van der Waals surface area contributed by atoms with E-state index in [1.807, 2.05) is 18.2 Å². The highest BCUT2D eigenvalue weighted by atomic mass is 35.5. The van der Waals surface area contributed by atoms with E-state index in [0.717, 1.165) is 19.5 Å². The Balaban J connectivity index is 1.78. The lowest BCUT2D eigenvalue weighted by molar-refractivity contribution is 0.814. The predicted octanol–water partition coefficient (Wildman–Crippen LogP) is 3.72. The van der Waals surface area contributed by atoms with E-state index in [-0.39, 0.29) is 5.28 Å². The molecule has 0 unspecified atom stereocenters. The molecule has 20 heavy (non-hydrogen) atoms. The van der Waals surface area contributed by atoms with Gasteiger partial charge in [-0.25, -0.2) is 4.98 Å². The van der Waals surface area contributed by atoms with E-state index in [1.165, 1.54) is 11.9 Å². The Morgan fingerprint density at radius 1 is 1.20 bits per heavy atom.